The van der Waals surface area contributed by atoms with Gasteiger partial charge in [0.05, 0.1) is 10.7 Å². The van der Waals surface area contributed by atoms with Gasteiger partial charge in [-0.15, -0.1) is 0 Å². The van der Waals surface area contributed by atoms with Crippen LogP contribution in [0.1, 0.15) is 26.2 Å². The number of nitrogens with one attached hydrogen (secondary N) is 2. The van der Waals surface area contributed by atoms with Crippen LogP contribution < -0.4 is 16.4 Å². The van der Waals surface area contributed by atoms with Crippen molar-refractivity contribution in [2.45, 2.75) is 26.2 Å². The predicted molar refractivity (Wildman–Crippen MR) is 84.3 cm³/mol. The van der Waals surface area contributed by atoms with Gasteiger partial charge in [0.25, 0.3) is 0 Å². The molecule has 1 aromatic rings. The Bertz CT molecular complexity index is 548. The van der Waals surface area contributed by atoms with Crippen molar-refractivity contribution in [3.8, 4) is 0 Å². The van der Waals surface area contributed by atoms with E-state index < -0.39 is 0 Å². The Labute approximate surface area is 129 Å². The predicted octanol–water partition coefficient (Wildman–Crippen LogP) is 2.61. The van der Waals surface area contributed by atoms with E-state index in [2.05, 4.69) is 10.6 Å². The zero-order valence-corrected chi connectivity index (χ0v) is 12.7. The van der Waals surface area contributed by atoms with E-state index in [1.54, 1.807) is 18.2 Å². The van der Waals surface area contributed by atoms with Crippen LogP contribution in [-0.4, -0.2) is 18.4 Å². The minimum Gasteiger partial charge on any atom is -0.330 e. The van der Waals surface area contributed by atoms with E-state index >= 15 is 0 Å². The summed E-state index contributed by atoms with van der Waals surface area (Å²) in [6, 6.07) is 5.03. The van der Waals surface area contributed by atoms with Gasteiger partial charge in [0.15, 0.2) is 0 Å². The summed E-state index contributed by atoms with van der Waals surface area (Å²) in [5, 5.41) is 5.95. The minimum atomic E-state index is -0.209. The quantitative estimate of drug-likeness (QED) is 0.799. The number of halogens is 1. The molecule has 0 bridgehead atoms. The van der Waals surface area contributed by atoms with Crippen LogP contribution in [0.4, 0.5) is 11.4 Å². The van der Waals surface area contributed by atoms with Crippen LogP contribution in [0.5, 0.6) is 0 Å². The second-order valence-electron chi connectivity index (χ2n) is 5.40. The molecule has 21 heavy (non-hydrogen) atoms. The molecule has 2 amide bonds. The minimum absolute atomic E-state index is 0.0148. The van der Waals surface area contributed by atoms with Crippen LogP contribution in [0, 0.1) is 11.8 Å². The highest BCUT2D eigenvalue weighted by Gasteiger charge is 2.31. The second-order valence-corrected chi connectivity index (χ2v) is 5.81. The highest BCUT2D eigenvalue weighted by atomic mass is 35.5. The molecule has 0 aromatic heterocycles. The van der Waals surface area contributed by atoms with Gasteiger partial charge in [0.2, 0.25) is 11.8 Å². The molecular formula is C15H20ClN3O2. The Balaban J connectivity index is 2.08. The van der Waals surface area contributed by atoms with Gasteiger partial charge in [-0.1, -0.05) is 18.0 Å². The molecule has 114 valence electrons. The number of carbonyl (C=O) groups excluding carboxylic acids is 2. The van der Waals surface area contributed by atoms with Crippen molar-refractivity contribution in [3.05, 3.63) is 23.2 Å². The van der Waals surface area contributed by atoms with Crippen molar-refractivity contribution in [2.75, 3.05) is 17.2 Å². The molecule has 1 saturated carbocycles. The first-order valence-corrected chi connectivity index (χ1v) is 7.47. The number of amides is 2. The summed E-state index contributed by atoms with van der Waals surface area (Å²) in [6.07, 6.45) is 2.92. The molecule has 2 rings (SSSR count). The fourth-order valence-electron chi connectivity index (χ4n) is 2.79. The van der Waals surface area contributed by atoms with Gasteiger partial charge in [-0.3, -0.25) is 9.59 Å². The first-order valence-electron chi connectivity index (χ1n) is 7.09. The van der Waals surface area contributed by atoms with E-state index in [1.807, 2.05) is 0 Å². The van der Waals surface area contributed by atoms with Crippen LogP contribution in [-0.2, 0) is 9.59 Å². The molecule has 0 aliphatic heterocycles. The lowest BCUT2D eigenvalue weighted by molar-refractivity contribution is -0.120. The molecule has 0 unspecified atom stereocenters. The van der Waals surface area contributed by atoms with E-state index in [9.17, 15) is 9.59 Å². The molecule has 5 nitrogen and oxygen atoms in total. The summed E-state index contributed by atoms with van der Waals surface area (Å²) in [5.41, 5.74) is 6.82. The monoisotopic (exact) mass is 309 g/mol. The smallest absolute Gasteiger partial charge is 0.227 e. The van der Waals surface area contributed by atoms with Crippen molar-refractivity contribution < 1.29 is 9.59 Å². The van der Waals surface area contributed by atoms with Crippen molar-refractivity contribution in [2.24, 2.45) is 17.6 Å². The number of hydrogen-bond donors (Lipinski definition) is 3. The number of rotatable bonds is 4. The van der Waals surface area contributed by atoms with Crippen LogP contribution >= 0.6 is 11.6 Å². The van der Waals surface area contributed by atoms with Crippen LogP contribution in [0.2, 0.25) is 5.02 Å². The molecule has 1 aliphatic rings. The lowest BCUT2D eigenvalue weighted by Gasteiger charge is -2.18. The SMILES string of the molecule is CC(=O)Nc1cc(NC(=O)[C@@H]2CCC[C@@H]2CN)ccc1Cl. The van der Waals surface area contributed by atoms with E-state index in [4.69, 9.17) is 17.3 Å². The summed E-state index contributed by atoms with van der Waals surface area (Å²) in [7, 11) is 0. The van der Waals surface area contributed by atoms with Gasteiger partial charge >= 0.3 is 0 Å². The van der Waals surface area contributed by atoms with Gasteiger partial charge in [-0.25, -0.2) is 0 Å². The fraction of sp³-hybridized carbons (Fsp3) is 0.467. The van der Waals surface area contributed by atoms with Crippen molar-refractivity contribution in [3.63, 3.8) is 0 Å². The first-order chi connectivity index (χ1) is 10.0. The van der Waals surface area contributed by atoms with E-state index in [0.29, 0.717) is 22.9 Å². The lowest BCUT2D eigenvalue weighted by Crippen LogP contribution is -2.29. The van der Waals surface area contributed by atoms with Crippen LogP contribution in [0.25, 0.3) is 0 Å². The summed E-state index contributed by atoms with van der Waals surface area (Å²) in [4.78, 5) is 23.4. The standard InChI is InChI=1S/C15H20ClN3O2/c1-9(20)18-14-7-11(5-6-13(14)16)19-15(21)12-4-2-3-10(12)8-17/h5-7,10,12H,2-4,8,17H2,1H3,(H,18,20)(H,19,21)/t10-,12-/m1/s1. The molecule has 1 aromatic carbocycles. The zero-order valence-electron chi connectivity index (χ0n) is 12.0. The number of benzene rings is 1. The maximum atomic E-state index is 12.3. The highest BCUT2D eigenvalue weighted by Crippen LogP contribution is 2.32. The fourth-order valence-corrected chi connectivity index (χ4v) is 2.95. The first kappa shape index (κ1) is 15.8. The van der Waals surface area contributed by atoms with Gasteiger partial charge in [0, 0.05) is 18.5 Å². The van der Waals surface area contributed by atoms with Gasteiger partial charge in [0.1, 0.15) is 0 Å². The molecule has 0 spiro atoms. The third kappa shape index (κ3) is 3.95. The maximum Gasteiger partial charge on any atom is 0.227 e. The van der Waals surface area contributed by atoms with Crippen molar-refractivity contribution >= 4 is 34.8 Å². The summed E-state index contributed by atoms with van der Waals surface area (Å²) >= 11 is 6.01. The summed E-state index contributed by atoms with van der Waals surface area (Å²) in [6.45, 7) is 1.95. The normalized spacial score (nSPS) is 21.1. The van der Waals surface area contributed by atoms with E-state index in [1.165, 1.54) is 6.92 Å². The van der Waals surface area contributed by atoms with Crippen LogP contribution in [0.3, 0.4) is 0 Å². The Morgan fingerprint density at radius 2 is 2.10 bits per heavy atom. The zero-order chi connectivity index (χ0) is 15.4. The Morgan fingerprint density at radius 1 is 1.33 bits per heavy atom. The topological polar surface area (TPSA) is 84.2 Å². The Morgan fingerprint density at radius 3 is 2.76 bits per heavy atom. The lowest BCUT2D eigenvalue weighted by atomic mass is 9.95. The third-order valence-electron chi connectivity index (χ3n) is 3.84. The molecule has 0 radical (unpaired) electrons. The number of carbonyl (C=O) groups is 2. The van der Waals surface area contributed by atoms with Crippen LogP contribution in [0.15, 0.2) is 18.2 Å². The molecule has 4 N–H and O–H groups in total. The summed E-state index contributed by atoms with van der Waals surface area (Å²) < 4.78 is 0. The molecule has 1 fully saturated rings. The average Bonchev–Trinajstić information content (AvgIpc) is 2.90. The molecule has 0 heterocycles. The molecule has 1 aliphatic carbocycles. The van der Waals surface area contributed by atoms with Crippen molar-refractivity contribution in [1.29, 1.82) is 0 Å². The third-order valence-corrected chi connectivity index (χ3v) is 4.17. The van der Waals surface area contributed by atoms with E-state index in [0.717, 1.165) is 19.3 Å². The van der Waals surface area contributed by atoms with Gasteiger partial charge in [-0.2, -0.15) is 0 Å². The Hall–Kier alpha value is -1.59. The maximum absolute atomic E-state index is 12.3. The highest BCUT2D eigenvalue weighted by molar-refractivity contribution is 6.33. The second kappa shape index (κ2) is 6.91. The molecule has 2 atom stereocenters. The molecular weight excluding hydrogens is 290 g/mol. The van der Waals surface area contributed by atoms with E-state index in [-0.39, 0.29) is 23.7 Å². The number of anilines is 2. The molecule has 6 heteroatoms. The van der Waals surface area contributed by atoms with Gasteiger partial charge in [-0.05, 0) is 43.5 Å². The Kier molecular flexibility index (Phi) is 5.20. The summed E-state index contributed by atoms with van der Waals surface area (Å²) in [5.74, 6) is 0.000391. The number of nitrogens with two attached hydrogens (primary N) is 1. The largest absolute Gasteiger partial charge is 0.330 e. The van der Waals surface area contributed by atoms with Crippen molar-refractivity contribution in [1.82, 2.24) is 0 Å². The number of hydrogen-bond acceptors (Lipinski definition) is 3. The van der Waals surface area contributed by atoms with Gasteiger partial charge < -0.3 is 16.4 Å². The molecule has 0 saturated heterocycles. The average molecular weight is 310 g/mol.